The predicted octanol–water partition coefficient (Wildman–Crippen LogP) is 12.7. The molecular formula is C53H93NO11Si3. The molecule has 10 atom stereocenters. The molecular weight excluding hydrogens is 911 g/mol. The summed E-state index contributed by atoms with van der Waals surface area (Å²) in [6, 6.07) is 12.9. The lowest BCUT2D eigenvalue weighted by Crippen LogP contribution is -2.62. The Bertz CT molecular complexity index is 1830. The van der Waals surface area contributed by atoms with Gasteiger partial charge < -0.3 is 46.4 Å². The number of nitrogens with zero attached hydrogens (tertiary/aromatic N) is 1. The third kappa shape index (κ3) is 15.6. The van der Waals surface area contributed by atoms with Crippen molar-refractivity contribution in [2.24, 2.45) is 5.92 Å². The first kappa shape index (κ1) is 58.8. The predicted molar refractivity (Wildman–Crippen MR) is 276 cm³/mol. The Hall–Kier alpha value is -1.79. The first-order valence-corrected chi connectivity index (χ1v) is 34.0. The molecule has 15 heteroatoms. The Morgan fingerprint density at radius 2 is 1.47 bits per heavy atom. The van der Waals surface area contributed by atoms with Crippen LogP contribution in [0.25, 0.3) is 0 Å². The van der Waals surface area contributed by atoms with Gasteiger partial charge in [0.25, 0.3) is 0 Å². The van der Waals surface area contributed by atoms with E-state index in [1.807, 2.05) is 45.0 Å². The fraction of sp³-hybridized carbons (Fsp3) is 0.811. The zero-order valence-electron chi connectivity index (χ0n) is 45.8. The Labute approximate surface area is 415 Å². The van der Waals surface area contributed by atoms with Crippen LogP contribution in [0.2, 0.25) is 54.4 Å². The smallest absolute Gasteiger partial charge is 0.308 e. The van der Waals surface area contributed by atoms with Gasteiger partial charge in [0, 0.05) is 37.9 Å². The van der Waals surface area contributed by atoms with Crippen LogP contribution in [0.1, 0.15) is 140 Å². The zero-order chi connectivity index (χ0) is 51.4. The topological polar surface area (TPSA) is 133 Å². The van der Waals surface area contributed by atoms with Crippen LogP contribution in [0, 0.1) is 17.2 Å². The summed E-state index contributed by atoms with van der Waals surface area (Å²) < 4.78 is 67.0. The van der Waals surface area contributed by atoms with Crippen molar-refractivity contribution in [3.63, 3.8) is 0 Å². The van der Waals surface area contributed by atoms with Crippen molar-refractivity contribution < 1.29 is 51.2 Å². The van der Waals surface area contributed by atoms with Crippen molar-refractivity contribution in [3.8, 4) is 6.07 Å². The highest BCUT2D eigenvalue weighted by molar-refractivity contribution is 6.75. The Balaban J connectivity index is 1.67. The van der Waals surface area contributed by atoms with E-state index in [9.17, 15) is 10.1 Å². The maximum absolute atomic E-state index is 13.0. The van der Waals surface area contributed by atoms with Crippen molar-refractivity contribution in [1.82, 2.24) is 0 Å². The second-order valence-electron chi connectivity index (χ2n) is 24.9. The van der Waals surface area contributed by atoms with Crippen LogP contribution in [0.5, 0.6) is 0 Å². The average molecular weight is 1000 g/mol. The summed E-state index contributed by atoms with van der Waals surface area (Å²) in [4.78, 5) is 13.0. The molecule has 68 heavy (non-hydrogen) atoms. The van der Waals surface area contributed by atoms with Crippen LogP contribution in [0.15, 0.2) is 43.0 Å². The number of hydrogen-bond acceptors (Lipinski definition) is 12. The van der Waals surface area contributed by atoms with Gasteiger partial charge in [-0.15, -0.1) is 6.58 Å². The van der Waals surface area contributed by atoms with Crippen LogP contribution in [0.3, 0.4) is 0 Å². The number of hydrogen-bond donors (Lipinski definition) is 0. The van der Waals surface area contributed by atoms with Gasteiger partial charge in [-0.2, -0.15) is 5.26 Å². The Morgan fingerprint density at radius 3 is 2.03 bits per heavy atom. The molecule has 1 aromatic rings. The van der Waals surface area contributed by atoms with E-state index >= 15 is 0 Å². The fourth-order valence-electron chi connectivity index (χ4n) is 8.99. The Kier molecular flexibility index (Phi) is 19.5. The van der Waals surface area contributed by atoms with Crippen molar-refractivity contribution in [2.75, 3.05) is 13.7 Å². The van der Waals surface area contributed by atoms with E-state index in [2.05, 4.69) is 126 Å². The monoisotopic (exact) mass is 1000 g/mol. The highest BCUT2D eigenvalue weighted by atomic mass is 28.4. The summed E-state index contributed by atoms with van der Waals surface area (Å²) >= 11 is 0. The first-order valence-electron chi connectivity index (χ1n) is 25.3. The number of ether oxygens (including phenoxy) is 7. The van der Waals surface area contributed by atoms with Gasteiger partial charge in [-0.3, -0.25) is 4.79 Å². The summed E-state index contributed by atoms with van der Waals surface area (Å²) in [6.45, 7) is 44.6. The molecule has 0 aromatic heterocycles. The maximum Gasteiger partial charge on any atom is 0.308 e. The molecule has 4 rings (SSSR count). The van der Waals surface area contributed by atoms with E-state index in [-0.39, 0.29) is 51.7 Å². The Morgan fingerprint density at radius 1 is 0.868 bits per heavy atom. The number of methoxy groups -OCH3 is 1. The number of rotatable bonds is 20. The third-order valence-corrected chi connectivity index (χ3v) is 29.3. The average Bonchev–Trinajstić information content (AvgIpc) is 3.18. The van der Waals surface area contributed by atoms with Crippen molar-refractivity contribution in [1.29, 1.82) is 5.26 Å². The van der Waals surface area contributed by atoms with E-state index < -0.39 is 66.7 Å². The van der Waals surface area contributed by atoms with Crippen LogP contribution in [-0.4, -0.2) is 105 Å². The van der Waals surface area contributed by atoms with Gasteiger partial charge in [-0.1, -0.05) is 98.7 Å². The lowest BCUT2D eigenvalue weighted by Gasteiger charge is -2.54. The lowest BCUT2D eigenvalue weighted by atomic mass is 9.82. The molecule has 1 spiro atoms. The van der Waals surface area contributed by atoms with E-state index in [1.165, 1.54) is 7.11 Å². The molecule has 388 valence electrons. The number of esters is 1. The third-order valence-electron chi connectivity index (χ3n) is 15.8. The normalized spacial score (nSPS) is 29.5. The molecule has 12 nitrogen and oxygen atoms in total. The molecule has 3 fully saturated rings. The van der Waals surface area contributed by atoms with E-state index in [1.54, 1.807) is 0 Å². The van der Waals surface area contributed by atoms with Crippen molar-refractivity contribution >= 4 is 30.9 Å². The number of carbonyl (C=O) groups is 1. The summed E-state index contributed by atoms with van der Waals surface area (Å²) in [5, 5.41) is 11.1. The first-order chi connectivity index (χ1) is 31.1. The SMILES string of the molecule is C=C[C@H]1[C@H](CC(=O)OC)O[C@@]2(C[C@@H]1O[Si](C)(C)C(C)(C)C)C[C@H]([C@@H](CCC1(C#N)C[C@H](C[C@H](CCOCc3ccccc3)O[Si](C)(C)C(C)(C)C)OC(C)(C)O1)O[Si](C)(C)C(C)(C)C)O[C@H](C)O2. The summed E-state index contributed by atoms with van der Waals surface area (Å²) in [5.74, 6) is -2.87. The molecule has 0 aliphatic carbocycles. The number of carbonyl (C=O) groups excluding carboxylic acids is 1. The standard InChI is InChI=1S/C53H93NO11Si3/c1-21-42-44(32-47(55)56-14)61-53(34-45(42)64-68(19,20)50(9,10)11)35-46(58-38(2)59-53)43(63-67(17,18)49(6,7)8)27-29-52(37-54)33-41(60-51(12,13)65-52)31-40(62-66(15,16)48(3,4)5)28-30-57-36-39-25-23-22-24-26-39/h21-26,38,40-46H,1,27-36H2,2-20H3/t38-,40-,41-,42-,43+,44-,45-,46+,52?,53-/m0/s1. The minimum Gasteiger partial charge on any atom is -0.469 e. The quantitative estimate of drug-likeness (QED) is 0.0533. The van der Waals surface area contributed by atoms with Gasteiger partial charge in [0.15, 0.2) is 48.4 Å². The second-order valence-corrected chi connectivity index (χ2v) is 39.2. The van der Waals surface area contributed by atoms with Crippen LogP contribution >= 0.6 is 0 Å². The van der Waals surface area contributed by atoms with Crippen molar-refractivity contribution in [2.45, 2.75) is 256 Å². The summed E-state index contributed by atoms with van der Waals surface area (Å²) in [7, 11) is -5.58. The largest absolute Gasteiger partial charge is 0.469 e. The highest BCUT2D eigenvalue weighted by Gasteiger charge is 2.57. The highest BCUT2D eigenvalue weighted by Crippen LogP contribution is 2.49. The van der Waals surface area contributed by atoms with Crippen molar-refractivity contribution in [3.05, 3.63) is 48.6 Å². The molecule has 1 unspecified atom stereocenters. The molecule has 3 heterocycles. The maximum atomic E-state index is 13.0. The van der Waals surface area contributed by atoms with E-state index in [4.69, 9.17) is 46.4 Å². The molecule has 0 N–H and O–H groups in total. The van der Waals surface area contributed by atoms with Crippen LogP contribution in [0.4, 0.5) is 0 Å². The van der Waals surface area contributed by atoms with E-state index in [0.717, 1.165) is 5.56 Å². The summed E-state index contributed by atoms with van der Waals surface area (Å²) in [6.07, 6.45) is 2.11. The van der Waals surface area contributed by atoms with Gasteiger partial charge in [0.1, 0.15) is 0 Å². The molecule has 0 bridgehead atoms. The minimum atomic E-state index is -2.45. The van der Waals surface area contributed by atoms with E-state index in [0.29, 0.717) is 58.2 Å². The van der Waals surface area contributed by atoms with Gasteiger partial charge in [0.2, 0.25) is 0 Å². The molecule has 0 radical (unpaired) electrons. The van der Waals surface area contributed by atoms with Gasteiger partial charge >= 0.3 is 5.97 Å². The molecule has 3 aliphatic rings. The molecule has 0 saturated carbocycles. The second kappa shape index (κ2) is 22.5. The number of nitriles is 1. The van der Waals surface area contributed by atoms with Gasteiger partial charge in [-0.05, 0) is 106 Å². The minimum absolute atomic E-state index is 0.000786. The number of benzene rings is 1. The van der Waals surface area contributed by atoms with Gasteiger partial charge in [0.05, 0.1) is 56.7 Å². The van der Waals surface area contributed by atoms with Crippen LogP contribution in [-0.2, 0) is 57.8 Å². The molecule has 3 aliphatic heterocycles. The molecule has 1 aromatic carbocycles. The van der Waals surface area contributed by atoms with Gasteiger partial charge in [-0.25, -0.2) is 0 Å². The van der Waals surface area contributed by atoms with Crippen LogP contribution < -0.4 is 0 Å². The lowest BCUT2D eigenvalue weighted by molar-refractivity contribution is -0.397. The molecule has 3 saturated heterocycles. The zero-order valence-corrected chi connectivity index (χ0v) is 48.8. The fourth-order valence-corrected chi connectivity index (χ4v) is 13.1. The summed E-state index contributed by atoms with van der Waals surface area (Å²) in [5.41, 5.74) is -0.0578. The molecule has 0 amide bonds.